The number of nitro benzene ring substituents is 1. The summed E-state index contributed by atoms with van der Waals surface area (Å²) in [5.74, 6) is 0. The molecule has 7 heteroatoms. The van der Waals surface area contributed by atoms with Crippen molar-refractivity contribution in [2.75, 3.05) is 10.6 Å². The molecular weight excluding hydrogens is 310 g/mol. The standard InChI is InChI=1S/C14H12ClN3O2S/c1-9-5-6-12(8-13(9)18(19)20)17-14(21)16-11-4-2-3-10(15)7-11/h2-8H,1H3,(H2,16,17,21). The van der Waals surface area contributed by atoms with Gasteiger partial charge >= 0.3 is 0 Å². The van der Waals surface area contributed by atoms with E-state index >= 15 is 0 Å². The molecule has 0 atom stereocenters. The highest BCUT2D eigenvalue weighted by Crippen LogP contribution is 2.22. The summed E-state index contributed by atoms with van der Waals surface area (Å²) >= 11 is 11.1. The van der Waals surface area contributed by atoms with Gasteiger partial charge in [-0.15, -0.1) is 0 Å². The molecule has 0 aliphatic heterocycles. The number of rotatable bonds is 3. The number of nitrogens with one attached hydrogen (secondary N) is 2. The van der Waals surface area contributed by atoms with Crippen molar-refractivity contribution in [2.24, 2.45) is 0 Å². The third kappa shape index (κ3) is 4.14. The van der Waals surface area contributed by atoms with Crippen LogP contribution in [0.5, 0.6) is 0 Å². The van der Waals surface area contributed by atoms with Gasteiger partial charge in [0.05, 0.1) is 4.92 Å². The summed E-state index contributed by atoms with van der Waals surface area (Å²) in [7, 11) is 0. The number of nitro groups is 1. The Morgan fingerprint density at radius 3 is 2.48 bits per heavy atom. The van der Waals surface area contributed by atoms with Crippen molar-refractivity contribution in [1.29, 1.82) is 0 Å². The van der Waals surface area contributed by atoms with Gasteiger partial charge in [-0.3, -0.25) is 10.1 Å². The molecule has 2 aromatic rings. The molecule has 108 valence electrons. The van der Waals surface area contributed by atoms with Crippen molar-refractivity contribution in [3.63, 3.8) is 0 Å². The quantitative estimate of drug-likeness (QED) is 0.499. The smallest absolute Gasteiger partial charge is 0.274 e. The number of thiocarbonyl (C=S) groups is 1. The minimum atomic E-state index is -0.423. The Morgan fingerprint density at radius 1 is 1.19 bits per heavy atom. The van der Waals surface area contributed by atoms with Crippen LogP contribution >= 0.6 is 23.8 Å². The van der Waals surface area contributed by atoms with E-state index in [1.165, 1.54) is 6.07 Å². The van der Waals surface area contributed by atoms with Crippen molar-refractivity contribution in [3.05, 3.63) is 63.2 Å². The molecule has 0 spiro atoms. The zero-order valence-electron chi connectivity index (χ0n) is 11.1. The summed E-state index contributed by atoms with van der Waals surface area (Å²) in [6.07, 6.45) is 0. The molecule has 0 heterocycles. The van der Waals surface area contributed by atoms with Gasteiger partial charge in [0.25, 0.3) is 5.69 Å². The van der Waals surface area contributed by atoms with Gasteiger partial charge in [-0.1, -0.05) is 23.7 Å². The van der Waals surface area contributed by atoms with Crippen LogP contribution in [0.2, 0.25) is 5.02 Å². The topological polar surface area (TPSA) is 67.2 Å². The van der Waals surface area contributed by atoms with Crippen LogP contribution in [0, 0.1) is 17.0 Å². The Morgan fingerprint density at radius 2 is 1.86 bits per heavy atom. The maximum atomic E-state index is 10.9. The molecule has 0 radical (unpaired) electrons. The van der Waals surface area contributed by atoms with Gasteiger partial charge in [-0.05, 0) is 43.4 Å². The van der Waals surface area contributed by atoms with Crippen LogP contribution in [0.1, 0.15) is 5.56 Å². The molecule has 21 heavy (non-hydrogen) atoms. The fourth-order valence-corrected chi connectivity index (χ4v) is 2.17. The Balaban J connectivity index is 2.09. The van der Waals surface area contributed by atoms with Crippen molar-refractivity contribution in [2.45, 2.75) is 6.92 Å². The zero-order chi connectivity index (χ0) is 15.4. The zero-order valence-corrected chi connectivity index (χ0v) is 12.7. The van der Waals surface area contributed by atoms with Gasteiger partial charge in [0, 0.05) is 28.0 Å². The second-order valence-corrected chi connectivity index (χ2v) is 5.19. The van der Waals surface area contributed by atoms with E-state index in [9.17, 15) is 10.1 Å². The number of benzene rings is 2. The lowest BCUT2D eigenvalue weighted by atomic mass is 10.2. The first-order valence-electron chi connectivity index (χ1n) is 6.04. The van der Waals surface area contributed by atoms with Crippen LogP contribution in [0.25, 0.3) is 0 Å². The largest absolute Gasteiger partial charge is 0.332 e. The fourth-order valence-electron chi connectivity index (χ4n) is 1.74. The molecule has 0 aliphatic rings. The van der Waals surface area contributed by atoms with Crippen molar-refractivity contribution in [1.82, 2.24) is 0 Å². The van der Waals surface area contributed by atoms with E-state index < -0.39 is 4.92 Å². The normalized spacial score (nSPS) is 10.0. The number of halogens is 1. The number of nitrogens with zero attached hydrogens (tertiary/aromatic N) is 1. The molecule has 0 saturated heterocycles. The number of hydrogen-bond acceptors (Lipinski definition) is 3. The lowest BCUT2D eigenvalue weighted by Crippen LogP contribution is -2.19. The van der Waals surface area contributed by atoms with Gasteiger partial charge in [0.15, 0.2) is 5.11 Å². The SMILES string of the molecule is Cc1ccc(NC(=S)Nc2cccc(Cl)c2)cc1[N+](=O)[O-]. The Hall–Kier alpha value is -2.18. The second-order valence-electron chi connectivity index (χ2n) is 4.35. The summed E-state index contributed by atoms with van der Waals surface area (Å²) in [4.78, 5) is 10.5. The average molecular weight is 322 g/mol. The summed E-state index contributed by atoms with van der Waals surface area (Å²) in [6, 6.07) is 11.9. The second kappa shape index (κ2) is 6.51. The maximum Gasteiger partial charge on any atom is 0.274 e. The molecule has 0 fully saturated rings. The Kier molecular flexibility index (Phi) is 4.72. The molecule has 0 amide bonds. The molecule has 2 N–H and O–H groups in total. The lowest BCUT2D eigenvalue weighted by molar-refractivity contribution is -0.385. The Labute approximate surface area is 132 Å². The first-order valence-corrected chi connectivity index (χ1v) is 6.83. The van der Waals surface area contributed by atoms with E-state index in [1.807, 2.05) is 6.07 Å². The van der Waals surface area contributed by atoms with Gasteiger partial charge in [-0.2, -0.15) is 0 Å². The number of aryl methyl sites for hydroxylation is 1. The van der Waals surface area contributed by atoms with Gasteiger partial charge in [0.1, 0.15) is 0 Å². The van der Waals surface area contributed by atoms with Gasteiger partial charge in [-0.25, -0.2) is 0 Å². The van der Waals surface area contributed by atoms with E-state index in [2.05, 4.69) is 10.6 Å². The molecule has 0 unspecified atom stereocenters. The molecule has 2 aromatic carbocycles. The predicted molar refractivity (Wildman–Crippen MR) is 89.1 cm³/mol. The minimum Gasteiger partial charge on any atom is -0.332 e. The van der Waals surface area contributed by atoms with E-state index in [0.29, 0.717) is 21.4 Å². The van der Waals surface area contributed by atoms with Crippen molar-refractivity contribution in [3.8, 4) is 0 Å². The number of anilines is 2. The third-order valence-electron chi connectivity index (χ3n) is 2.75. The van der Waals surface area contributed by atoms with Crippen molar-refractivity contribution < 1.29 is 4.92 Å². The van der Waals surface area contributed by atoms with Gasteiger partial charge in [0.2, 0.25) is 0 Å². The highest BCUT2D eigenvalue weighted by molar-refractivity contribution is 7.80. The minimum absolute atomic E-state index is 0.0468. The molecule has 5 nitrogen and oxygen atoms in total. The monoisotopic (exact) mass is 321 g/mol. The Bertz CT molecular complexity index is 706. The summed E-state index contributed by atoms with van der Waals surface area (Å²) in [6.45, 7) is 1.68. The predicted octanol–water partition coefficient (Wildman–Crippen LogP) is 4.37. The number of hydrogen-bond donors (Lipinski definition) is 2. The van der Waals surface area contributed by atoms with Crippen LogP contribution in [0.15, 0.2) is 42.5 Å². The maximum absolute atomic E-state index is 10.9. The third-order valence-corrected chi connectivity index (χ3v) is 3.19. The highest BCUT2D eigenvalue weighted by Gasteiger charge is 2.11. The first-order chi connectivity index (χ1) is 9.95. The highest BCUT2D eigenvalue weighted by atomic mass is 35.5. The molecule has 0 bridgehead atoms. The van der Waals surface area contributed by atoms with Crippen LogP contribution < -0.4 is 10.6 Å². The first kappa shape index (κ1) is 15.2. The van der Waals surface area contributed by atoms with Crippen LogP contribution in [-0.4, -0.2) is 10.0 Å². The summed E-state index contributed by atoms with van der Waals surface area (Å²) in [5.41, 5.74) is 1.93. The molecule has 2 rings (SSSR count). The summed E-state index contributed by atoms with van der Waals surface area (Å²) < 4.78 is 0. The average Bonchev–Trinajstić information content (AvgIpc) is 2.40. The van der Waals surface area contributed by atoms with Gasteiger partial charge < -0.3 is 10.6 Å². The molecule has 0 saturated carbocycles. The van der Waals surface area contributed by atoms with E-state index in [4.69, 9.17) is 23.8 Å². The van der Waals surface area contributed by atoms with Crippen LogP contribution in [-0.2, 0) is 0 Å². The van der Waals surface area contributed by atoms with Crippen LogP contribution in [0.4, 0.5) is 17.1 Å². The molecule has 0 aliphatic carbocycles. The van der Waals surface area contributed by atoms with Crippen LogP contribution in [0.3, 0.4) is 0 Å². The fraction of sp³-hybridized carbons (Fsp3) is 0.0714. The summed E-state index contributed by atoms with van der Waals surface area (Å²) in [5, 5.41) is 17.7. The molecule has 0 aromatic heterocycles. The van der Waals surface area contributed by atoms with E-state index in [1.54, 1.807) is 37.3 Å². The van der Waals surface area contributed by atoms with E-state index in [-0.39, 0.29) is 5.69 Å². The van der Waals surface area contributed by atoms with Crippen molar-refractivity contribution >= 4 is 46.0 Å². The van der Waals surface area contributed by atoms with E-state index in [0.717, 1.165) is 5.69 Å². The lowest BCUT2D eigenvalue weighted by Gasteiger charge is -2.11. The molecular formula is C14H12ClN3O2S.